The Labute approximate surface area is 96.3 Å². The molecule has 84 valence electrons. The second kappa shape index (κ2) is 4.59. The summed E-state index contributed by atoms with van der Waals surface area (Å²) in [6.45, 7) is 0.0167. The minimum Gasteiger partial charge on any atom is -0.396 e. The predicted molar refractivity (Wildman–Crippen MR) is 57.1 cm³/mol. The molecule has 0 unspecified atom stereocenters. The van der Waals surface area contributed by atoms with Crippen LogP contribution in [0, 0.1) is 5.82 Å². The highest BCUT2D eigenvalue weighted by molar-refractivity contribution is 6.30. The molecule has 2 aromatic rings. The van der Waals surface area contributed by atoms with Crippen molar-refractivity contribution < 1.29 is 9.50 Å². The average Bonchev–Trinajstić information content (AvgIpc) is 2.71. The van der Waals surface area contributed by atoms with Crippen LogP contribution < -0.4 is 0 Å². The molecule has 0 saturated heterocycles. The number of aliphatic hydroxyl groups is 1. The zero-order valence-electron chi connectivity index (χ0n) is 8.27. The Morgan fingerprint density at radius 1 is 1.44 bits per heavy atom. The summed E-state index contributed by atoms with van der Waals surface area (Å²) in [6, 6.07) is 4.29. The van der Waals surface area contributed by atoms with Gasteiger partial charge in [0.2, 0.25) is 0 Å². The van der Waals surface area contributed by atoms with Gasteiger partial charge in [0.1, 0.15) is 5.82 Å². The Morgan fingerprint density at radius 3 is 2.94 bits per heavy atom. The van der Waals surface area contributed by atoms with E-state index >= 15 is 0 Å². The maximum Gasteiger partial charge on any atom is 0.141 e. The van der Waals surface area contributed by atoms with E-state index in [0.29, 0.717) is 17.8 Å². The molecule has 0 bridgehead atoms. The average molecular weight is 242 g/mol. The van der Waals surface area contributed by atoms with Crippen LogP contribution in [0.2, 0.25) is 5.02 Å². The molecule has 6 heteroatoms. The lowest BCUT2D eigenvalue weighted by Crippen LogP contribution is -1.95. The number of benzene rings is 1. The van der Waals surface area contributed by atoms with Gasteiger partial charge in [-0.3, -0.25) is 0 Å². The molecule has 0 spiro atoms. The topological polar surface area (TPSA) is 50.9 Å². The molecule has 1 heterocycles. The predicted octanol–water partition coefficient (Wildman–Crippen LogP) is 1.59. The molecule has 1 N–H and O–H groups in total. The van der Waals surface area contributed by atoms with Gasteiger partial charge in [-0.2, -0.15) is 0 Å². The van der Waals surface area contributed by atoms with Gasteiger partial charge in [-0.1, -0.05) is 16.8 Å². The maximum absolute atomic E-state index is 12.9. The van der Waals surface area contributed by atoms with Crippen molar-refractivity contribution in [3.05, 3.63) is 40.9 Å². The molecular weight excluding hydrogens is 233 g/mol. The highest BCUT2D eigenvalue weighted by Gasteiger charge is 2.05. The van der Waals surface area contributed by atoms with Gasteiger partial charge in [-0.05, 0) is 18.2 Å². The van der Waals surface area contributed by atoms with Gasteiger partial charge in [0.15, 0.2) is 0 Å². The summed E-state index contributed by atoms with van der Waals surface area (Å²) in [5, 5.41) is 16.5. The van der Waals surface area contributed by atoms with E-state index < -0.39 is 5.82 Å². The molecule has 4 nitrogen and oxygen atoms in total. The van der Waals surface area contributed by atoms with Crippen LogP contribution in [0.25, 0.3) is 5.69 Å². The fourth-order valence-electron chi connectivity index (χ4n) is 1.28. The lowest BCUT2D eigenvalue weighted by Gasteiger charge is -2.00. The van der Waals surface area contributed by atoms with E-state index in [1.165, 1.54) is 16.8 Å². The number of hydrogen-bond donors (Lipinski definition) is 1. The highest BCUT2D eigenvalue weighted by Crippen LogP contribution is 2.18. The first-order valence-electron chi connectivity index (χ1n) is 4.68. The van der Waals surface area contributed by atoms with Crippen LogP contribution >= 0.6 is 11.6 Å². The summed E-state index contributed by atoms with van der Waals surface area (Å²) in [5.41, 5.74) is 1.30. The number of hydrogen-bond acceptors (Lipinski definition) is 3. The maximum atomic E-state index is 12.9. The third-order valence-corrected chi connectivity index (χ3v) is 2.37. The Bertz CT molecular complexity index is 501. The third kappa shape index (κ3) is 2.20. The molecule has 0 atom stereocenters. The highest BCUT2D eigenvalue weighted by atomic mass is 35.5. The molecule has 0 amide bonds. The van der Waals surface area contributed by atoms with E-state index in [2.05, 4.69) is 10.3 Å². The quantitative estimate of drug-likeness (QED) is 0.888. The normalized spacial score (nSPS) is 10.7. The van der Waals surface area contributed by atoms with Gasteiger partial charge in [-0.15, -0.1) is 5.10 Å². The SMILES string of the molecule is OCCc1cn(-c2ccc(F)c(Cl)c2)nn1. The number of rotatable bonds is 3. The fourth-order valence-corrected chi connectivity index (χ4v) is 1.46. The van der Waals surface area contributed by atoms with Gasteiger partial charge in [0, 0.05) is 13.0 Å². The van der Waals surface area contributed by atoms with Crippen molar-refractivity contribution in [3.63, 3.8) is 0 Å². The largest absolute Gasteiger partial charge is 0.396 e. The fraction of sp³-hybridized carbons (Fsp3) is 0.200. The Hall–Kier alpha value is -1.46. The Balaban J connectivity index is 2.31. The van der Waals surface area contributed by atoms with E-state index in [4.69, 9.17) is 16.7 Å². The summed E-state index contributed by atoms with van der Waals surface area (Å²) in [5.74, 6) is -0.471. The number of aliphatic hydroxyl groups excluding tert-OH is 1. The molecular formula is C10H9ClFN3O. The van der Waals surface area contributed by atoms with Gasteiger partial charge < -0.3 is 5.11 Å². The summed E-state index contributed by atoms with van der Waals surface area (Å²) < 4.78 is 14.4. The van der Waals surface area contributed by atoms with E-state index in [1.807, 2.05) is 0 Å². The third-order valence-electron chi connectivity index (χ3n) is 2.08. The lowest BCUT2D eigenvalue weighted by atomic mass is 10.3. The minimum atomic E-state index is -0.471. The smallest absolute Gasteiger partial charge is 0.141 e. The van der Waals surface area contributed by atoms with Gasteiger partial charge in [0.05, 0.1) is 22.6 Å². The first-order chi connectivity index (χ1) is 7.70. The monoisotopic (exact) mass is 241 g/mol. The zero-order chi connectivity index (χ0) is 11.5. The van der Waals surface area contributed by atoms with E-state index in [0.717, 1.165) is 0 Å². The van der Waals surface area contributed by atoms with Crippen LogP contribution in [0.4, 0.5) is 4.39 Å². The zero-order valence-corrected chi connectivity index (χ0v) is 9.02. The van der Waals surface area contributed by atoms with Gasteiger partial charge in [-0.25, -0.2) is 9.07 Å². The number of nitrogens with zero attached hydrogens (tertiary/aromatic N) is 3. The molecule has 0 aliphatic heterocycles. The molecule has 2 rings (SSSR count). The molecule has 0 fully saturated rings. The van der Waals surface area contributed by atoms with Crippen molar-refractivity contribution in [2.75, 3.05) is 6.61 Å². The summed E-state index contributed by atoms with van der Waals surface area (Å²) in [6.07, 6.45) is 2.11. The minimum absolute atomic E-state index is 0.0167. The van der Waals surface area contributed by atoms with E-state index in [1.54, 1.807) is 12.3 Å². The second-order valence-electron chi connectivity index (χ2n) is 3.23. The van der Waals surface area contributed by atoms with Crippen molar-refractivity contribution >= 4 is 11.6 Å². The van der Waals surface area contributed by atoms with Crippen LogP contribution in [0.15, 0.2) is 24.4 Å². The van der Waals surface area contributed by atoms with Crippen molar-refractivity contribution in [2.24, 2.45) is 0 Å². The van der Waals surface area contributed by atoms with E-state index in [-0.39, 0.29) is 11.6 Å². The van der Waals surface area contributed by atoms with Crippen molar-refractivity contribution in [1.29, 1.82) is 0 Å². The van der Waals surface area contributed by atoms with Gasteiger partial charge >= 0.3 is 0 Å². The van der Waals surface area contributed by atoms with E-state index in [9.17, 15) is 4.39 Å². The van der Waals surface area contributed by atoms with Crippen molar-refractivity contribution in [1.82, 2.24) is 15.0 Å². The number of aromatic nitrogens is 3. The van der Waals surface area contributed by atoms with Crippen LogP contribution in [0.3, 0.4) is 0 Å². The van der Waals surface area contributed by atoms with Crippen LogP contribution in [0.5, 0.6) is 0 Å². The summed E-state index contributed by atoms with van der Waals surface area (Å²) in [4.78, 5) is 0. The van der Waals surface area contributed by atoms with Crippen molar-refractivity contribution in [3.8, 4) is 5.69 Å². The molecule has 0 radical (unpaired) electrons. The lowest BCUT2D eigenvalue weighted by molar-refractivity contribution is 0.298. The Morgan fingerprint density at radius 2 is 2.25 bits per heavy atom. The number of halogens is 2. The first-order valence-corrected chi connectivity index (χ1v) is 5.06. The summed E-state index contributed by atoms with van der Waals surface area (Å²) in [7, 11) is 0. The van der Waals surface area contributed by atoms with Gasteiger partial charge in [0.25, 0.3) is 0 Å². The summed E-state index contributed by atoms with van der Waals surface area (Å²) >= 11 is 5.66. The first kappa shape index (κ1) is 11.0. The van der Waals surface area contributed by atoms with Crippen LogP contribution in [-0.2, 0) is 6.42 Å². The molecule has 1 aromatic heterocycles. The second-order valence-corrected chi connectivity index (χ2v) is 3.63. The standard InChI is InChI=1S/C10H9ClFN3O/c11-9-5-8(1-2-10(9)12)15-6-7(3-4-16)13-14-15/h1-2,5-6,16H,3-4H2. The molecule has 1 aromatic carbocycles. The molecule has 0 aliphatic carbocycles. The van der Waals surface area contributed by atoms with Crippen LogP contribution in [-0.4, -0.2) is 26.7 Å². The molecule has 0 saturated carbocycles. The Kier molecular flexibility index (Phi) is 3.17. The van der Waals surface area contributed by atoms with Crippen LogP contribution in [0.1, 0.15) is 5.69 Å². The molecule has 0 aliphatic rings. The molecule has 16 heavy (non-hydrogen) atoms. The van der Waals surface area contributed by atoms with Crippen molar-refractivity contribution in [2.45, 2.75) is 6.42 Å².